The van der Waals surface area contributed by atoms with Gasteiger partial charge in [0.05, 0.1) is 12.2 Å². The van der Waals surface area contributed by atoms with Crippen LogP contribution in [0, 0.1) is 19.4 Å². The Hall–Kier alpha value is -4.23. The lowest BCUT2D eigenvalue weighted by molar-refractivity contribution is -0.131. The number of rotatable bonds is 10. The zero-order valence-corrected chi connectivity index (χ0v) is 28.1. The van der Waals surface area contributed by atoms with Crippen molar-refractivity contribution < 1.29 is 13.9 Å². The molecule has 3 aromatic rings. The largest absolute Gasteiger partial charge is 0.462 e. The van der Waals surface area contributed by atoms with Gasteiger partial charge in [0.1, 0.15) is 18.5 Å². The Bertz CT molecular complexity index is 1680. The molecule has 3 atom stereocenters. The molecule has 47 heavy (non-hydrogen) atoms. The number of benzene rings is 2. The average Bonchev–Trinajstić information content (AvgIpc) is 3.05. The Balaban J connectivity index is 1.31. The van der Waals surface area contributed by atoms with E-state index in [4.69, 9.17) is 21.3 Å². The van der Waals surface area contributed by atoms with Crippen LogP contribution >= 0.6 is 0 Å². The van der Waals surface area contributed by atoms with E-state index in [1.54, 1.807) is 0 Å². The zero-order chi connectivity index (χ0) is 33.2. The van der Waals surface area contributed by atoms with E-state index in [9.17, 15) is 9.18 Å². The number of nitrogens with zero attached hydrogens (tertiary/aromatic N) is 7. The van der Waals surface area contributed by atoms with E-state index < -0.39 is 17.8 Å². The summed E-state index contributed by atoms with van der Waals surface area (Å²) in [4.78, 5) is 34.5. The molecule has 2 fully saturated rings. The average molecular weight is 640 g/mol. The van der Waals surface area contributed by atoms with E-state index in [0.717, 1.165) is 36.0 Å². The Morgan fingerprint density at radius 3 is 2.62 bits per heavy atom. The number of fused-ring (bicyclic) bond motifs is 2. The van der Waals surface area contributed by atoms with Crippen LogP contribution in [0.25, 0.3) is 15.6 Å². The van der Waals surface area contributed by atoms with Crippen LogP contribution in [0.5, 0.6) is 6.01 Å². The minimum absolute atomic E-state index is 0.0728. The van der Waals surface area contributed by atoms with Crippen molar-refractivity contribution in [2.24, 2.45) is 5.92 Å². The number of hydrogen-bond donors (Lipinski definition) is 0. The van der Waals surface area contributed by atoms with Crippen LogP contribution in [0.4, 0.5) is 15.9 Å². The maximum absolute atomic E-state index is 13.9. The topological polar surface area (TPSA) is 69.4 Å². The van der Waals surface area contributed by atoms with Gasteiger partial charge in [0, 0.05) is 54.9 Å². The Labute approximate surface area is 277 Å². The second kappa shape index (κ2) is 13.9. The van der Waals surface area contributed by atoms with Gasteiger partial charge in [-0.1, -0.05) is 43.3 Å². The Morgan fingerprint density at radius 2 is 1.91 bits per heavy atom. The molecule has 10 heteroatoms. The van der Waals surface area contributed by atoms with Crippen LogP contribution in [-0.2, 0) is 17.8 Å². The van der Waals surface area contributed by atoms with Gasteiger partial charge in [-0.15, -0.1) is 0 Å². The highest BCUT2D eigenvalue weighted by Crippen LogP contribution is 2.36. The lowest BCUT2D eigenvalue weighted by Gasteiger charge is -2.41. The summed E-state index contributed by atoms with van der Waals surface area (Å²) in [6, 6.07) is 13.4. The molecule has 248 valence electrons. The number of likely N-dealkylation sites (N-methyl/N-ethyl adjacent to an activating group) is 1. The van der Waals surface area contributed by atoms with Crippen molar-refractivity contribution in [3.05, 3.63) is 77.0 Å². The summed E-state index contributed by atoms with van der Waals surface area (Å²) < 4.78 is 20.3. The van der Waals surface area contributed by atoms with Gasteiger partial charge in [-0.05, 0) is 70.0 Å². The van der Waals surface area contributed by atoms with E-state index in [-0.39, 0.29) is 19.1 Å². The van der Waals surface area contributed by atoms with Crippen molar-refractivity contribution in [3.8, 4) is 6.01 Å². The summed E-state index contributed by atoms with van der Waals surface area (Å²) in [6.45, 7) is 20.4. The van der Waals surface area contributed by atoms with E-state index in [1.165, 1.54) is 46.2 Å². The fourth-order valence-corrected chi connectivity index (χ4v) is 7.39. The van der Waals surface area contributed by atoms with Gasteiger partial charge in [-0.2, -0.15) is 9.97 Å². The molecule has 2 aromatic carbocycles. The van der Waals surface area contributed by atoms with Gasteiger partial charge in [-0.3, -0.25) is 9.69 Å². The molecule has 1 saturated heterocycles. The van der Waals surface area contributed by atoms with Crippen LogP contribution in [0.15, 0.2) is 48.8 Å². The number of amides is 1. The maximum atomic E-state index is 13.9. The molecule has 1 aliphatic carbocycles. The molecule has 1 aromatic heterocycles. The molecule has 0 unspecified atom stereocenters. The van der Waals surface area contributed by atoms with Crippen molar-refractivity contribution >= 4 is 28.2 Å². The number of ether oxygens (including phenoxy) is 1. The molecule has 1 saturated carbocycles. The van der Waals surface area contributed by atoms with Crippen molar-refractivity contribution in [1.82, 2.24) is 19.8 Å². The van der Waals surface area contributed by atoms with Crippen molar-refractivity contribution in [3.63, 3.8) is 0 Å². The molecule has 0 radical (unpaired) electrons. The first-order valence-corrected chi connectivity index (χ1v) is 16.9. The molecule has 9 nitrogen and oxygen atoms in total. The highest BCUT2D eigenvalue weighted by Gasteiger charge is 2.36. The summed E-state index contributed by atoms with van der Waals surface area (Å²) in [5, 5.41) is 2.46. The minimum atomic E-state index is -1.00. The predicted octanol–water partition coefficient (Wildman–Crippen LogP) is 5.81. The number of hydrogen-bond acceptors (Lipinski definition) is 7. The molecular formula is C37H46FN7O2. The number of halogens is 1. The zero-order valence-electron chi connectivity index (χ0n) is 28.1. The standard InChI is InChI=1S/C37H46FN7O2/c1-24-10-7-13-29-14-9-15-33(34(24)29)43-17-16-31-32(22-43)40-37(47-23-25(2)42(6)27(4)28-11-8-12-28)41-35(31)44-18-19-45(36(46)26(3)38)30(21-44)20-39-5/h7,9-10,13-15,25,27-28,30H,3,8,11-12,16-23H2,1-2,4,6H3/t25-,27+,30-/m0/s1. The summed E-state index contributed by atoms with van der Waals surface area (Å²) in [5.74, 6) is -0.231. The fourth-order valence-electron chi connectivity index (χ4n) is 7.39. The van der Waals surface area contributed by atoms with Gasteiger partial charge in [0.15, 0.2) is 5.83 Å². The molecule has 6 rings (SSSR count). The summed E-state index contributed by atoms with van der Waals surface area (Å²) >= 11 is 0. The number of carbonyl (C=O) groups is 1. The van der Waals surface area contributed by atoms with Crippen molar-refractivity contribution in [2.45, 2.75) is 71.1 Å². The third-order valence-corrected chi connectivity index (χ3v) is 10.7. The number of aromatic nitrogens is 2. The fraction of sp³-hybridized carbons (Fsp3) is 0.514. The third-order valence-electron chi connectivity index (χ3n) is 10.7. The summed E-state index contributed by atoms with van der Waals surface area (Å²) in [7, 11) is 2.17. The molecule has 2 aliphatic heterocycles. The molecule has 0 N–H and O–H groups in total. The van der Waals surface area contributed by atoms with E-state index in [1.807, 2.05) is 0 Å². The molecular weight excluding hydrogens is 593 g/mol. The number of carbonyl (C=O) groups excluding carboxylic acids is 1. The van der Waals surface area contributed by atoms with Crippen molar-refractivity contribution in [1.29, 1.82) is 0 Å². The van der Waals surface area contributed by atoms with Crippen LogP contribution in [0.3, 0.4) is 0 Å². The highest BCUT2D eigenvalue weighted by molar-refractivity contribution is 5.97. The van der Waals surface area contributed by atoms with Crippen molar-refractivity contribution in [2.75, 3.05) is 56.2 Å². The molecule has 3 heterocycles. The minimum Gasteiger partial charge on any atom is -0.462 e. The SMILES string of the molecule is [C-]#[N+]C[C@H]1CN(c2nc(OC[C@H](C)N(C)[C@H](C)C3CCC3)nc3c2CCN(c2cccc4cccc(C)c24)C3)CCN1C(=O)C(=C)F. The first-order chi connectivity index (χ1) is 22.7. The van der Waals surface area contributed by atoms with Gasteiger partial charge in [0.25, 0.3) is 5.91 Å². The van der Waals surface area contributed by atoms with Gasteiger partial charge in [-0.25, -0.2) is 11.0 Å². The lowest BCUT2D eigenvalue weighted by Crippen LogP contribution is -2.57. The van der Waals surface area contributed by atoms with Gasteiger partial charge in [0.2, 0.25) is 6.54 Å². The predicted molar refractivity (Wildman–Crippen MR) is 184 cm³/mol. The number of anilines is 2. The van der Waals surface area contributed by atoms with Crippen LogP contribution in [-0.4, -0.2) is 90.2 Å². The third kappa shape index (κ3) is 6.64. The second-order valence-electron chi connectivity index (χ2n) is 13.5. The van der Waals surface area contributed by atoms with Crippen LogP contribution in [0.1, 0.15) is 49.9 Å². The maximum Gasteiger partial charge on any atom is 0.318 e. The van der Waals surface area contributed by atoms with E-state index in [2.05, 4.69) is 90.3 Å². The summed E-state index contributed by atoms with van der Waals surface area (Å²) in [6.07, 6.45) is 4.63. The summed E-state index contributed by atoms with van der Waals surface area (Å²) in [5.41, 5.74) is 4.40. The number of aryl methyl sites for hydroxylation is 1. The first kappa shape index (κ1) is 32.7. The lowest BCUT2D eigenvalue weighted by atomic mass is 9.79. The van der Waals surface area contributed by atoms with E-state index in [0.29, 0.717) is 38.3 Å². The smallest absolute Gasteiger partial charge is 0.318 e. The van der Waals surface area contributed by atoms with Gasteiger partial charge >= 0.3 is 6.01 Å². The molecule has 0 spiro atoms. The first-order valence-electron chi connectivity index (χ1n) is 16.9. The van der Waals surface area contributed by atoms with Crippen LogP contribution in [0.2, 0.25) is 0 Å². The van der Waals surface area contributed by atoms with Crippen LogP contribution < -0.4 is 14.5 Å². The Morgan fingerprint density at radius 1 is 1.15 bits per heavy atom. The molecule has 0 bridgehead atoms. The monoisotopic (exact) mass is 639 g/mol. The normalized spacial score (nSPS) is 19.6. The Kier molecular flexibility index (Phi) is 9.65. The highest BCUT2D eigenvalue weighted by atomic mass is 19.1. The van der Waals surface area contributed by atoms with E-state index >= 15 is 0 Å². The molecule has 1 amide bonds. The number of piperazine rings is 1. The quantitative estimate of drug-likeness (QED) is 0.205. The molecule has 3 aliphatic rings. The second-order valence-corrected chi connectivity index (χ2v) is 13.5. The van der Waals surface area contributed by atoms with Gasteiger partial charge < -0.3 is 24.3 Å².